The summed E-state index contributed by atoms with van der Waals surface area (Å²) in [5, 5.41) is 22.5. The van der Waals surface area contributed by atoms with E-state index in [0.717, 1.165) is 27.3 Å². The second-order valence-electron chi connectivity index (χ2n) is 7.49. The molecule has 0 aromatic heterocycles. The van der Waals surface area contributed by atoms with Crippen LogP contribution < -0.4 is 0 Å². The molecule has 4 nitrogen and oxygen atoms in total. The summed E-state index contributed by atoms with van der Waals surface area (Å²) in [5.41, 5.74) is 5.83. The van der Waals surface area contributed by atoms with Gasteiger partial charge in [0.2, 0.25) is 0 Å². The van der Waals surface area contributed by atoms with Gasteiger partial charge in [0.15, 0.2) is 6.23 Å². The van der Waals surface area contributed by atoms with Gasteiger partial charge in [0, 0.05) is 35.3 Å². The van der Waals surface area contributed by atoms with Gasteiger partial charge in [-0.3, -0.25) is 4.99 Å². The van der Waals surface area contributed by atoms with E-state index in [4.69, 9.17) is 4.74 Å². The maximum atomic E-state index is 11.1. The highest BCUT2D eigenvalue weighted by atomic mass is 32.2. The van der Waals surface area contributed by atoms with E-state index >= 15 is 0 Å². The molecule has 2 aromatic rings. The average molecular weight is 457 g/mol. The molecule has 0 radical (unpaired) electrons. The van der Waals surface area contributed by atoms with E-state index in [2.05, 4.69) is 35.8 Å². The number of nitrogens with zero attached hydrogens (tertiary/aromatic N) is 2. The second-order valence-corrected chi connectivity index (χ2v) is 8.49. The number of thioether (sulfide) groups is 1. The van der Waals surface area contributed by atoms with Crippen molar-refractivity contribution in [3.8, 4) is 6.07 Å². The van der Waals surface area contributed by atoms with Gasteiger partial charge in [-0.1, -0.05) is 73.0 Å². The fraction of sp³-hybridized carbons (Fsp3) is 0.214. The zero-order valence-corrected chi connectivity index (χ0v) is 19.8. The number of benzene rings is 2. The minimum absolute atomic E-state index is 0.489. The molecule has 5 heteroatoms. The SMILES string of the molecule is C=C(SC=CC)C1=C(c2cccc(C#N)c2)/C(=C/Cc2ccccc2)C(CCOC)=NC1O. The van der Waals surface area contributed by atoms with E-state index in [1.165, 1.54) is 17.3 Å². The van der Waals surface area contributed by atoms with Gasteiger partial charge >= 0.3 is 0 Å². The molecule has 1 unspecified atom stereocenters. The molecule has 168 valence electrons. The maximum Gasteiger partial charge on any atom is 0.173 e. The molecule has 2 aromatic carbocycles. The molecule has 1 aliphatic rings. The Labute approximate surface area is 200 Å². The van der Waals surface area contributed by atoms with Crippen molar-refractivity contribution in [1.29, 1.82) is 5.26 Å². The summed E-state index contributed by atoms with van der Waals surface area (Å²) in [4.78, 5) is 5.37. The summed E-state index contributed by atoms with van der Waals surface area (Å²) in [5.74, 6) is 0. The Morgan fingerprint density at radius 1 is 1.24 bits per heavy atom. The van der Waals surface area contributed by atoms with Crippen LogP contribution in [0.1, 0.15) is 30.0 Å². The van der Waals surface area contributed by atoms with Crippen molar-refractivity contribution in [2.75, 3.05) is 13.7 Å². The topological polar surface area (TPSA) is 65.6 Å². The van der Waals surface area contributed by atoms with E-state index in [1.54, 1.807) is 13.2 Å². The maximum absolute atomic E-state index is 11.1. The quantitative estimate of drug-likeness (QED) is 0.497. The summed E-state index contributed by atoms with van der Waals surface area (Å²) in [6.45, 7) is 6.66. The lowest BCUT2D eigenvalue weighted by Gasteiger charge is -2.28. The Morgan fingerprint density at radius 3 is 2.73 bits per heavy atom. The van der Waals surface area contributed by atoms with E-state index < -0.39 is 6.23 Å². The third kappa shape index (κ3) is 6.21. The molecule has 1 aliphatic heterocycles. The molecule has 0 saturated carbocycles. The van der Waals surface area contributed by atoms with Crippen molar-refractivity contribution >= 4 is 23.0 Å². The predicted octanol–water partition coefficient (Wildman–Crippen LogP) is 6.07. The Morgan fingerprint density at radius 2 is 2.03 bits per heavy atom. The number of dihydropyridines is 1. The van der Waals surface area contributed by atoms with Crippen LogP contribution in [0.3, 0.4) is 0 Å². The Hall–Kier alpha value is -3.17. The van der Waals surface area contributed by atoms with Gasteiger partial charge in [0.1, 0.15) is 0 Å². The van der Waals surface area contributed by atoms with Crippen molar-refractivity contribution in [2.24, 2.45) is 4.99 Å². The number of aliphatic imine (C=N–C) groups is 1. The number of allylic oxidation sites excluding steroid dienone is 4. The Kier molecular flexibility index (Phi) is 9.03. The average Bonchev–Trinajstić information content (AvgIpc) is 2.85. The predicted molar refractivity (Wildman–Crippen MR) is 138 cm³/mol. The van der Waals surface area contributed by atoms with Crippen molar-refractivity contribution in [2.45, 2.75) is 26.0 Å². The van der Waals surface area contributed by atoms with Crippen LogP contribution in [0.5, 0.6) is 0 Å². The number of rotatable bonds is 9. The van der Waals surface area contributed by atoms with Gasteiger partial charge in [-0.2, -0.15) is 5.26 Å². The molecular weight excluding hydrogens is 428 g/mol. The number of aliphatic hydroxyl groups excluding tert-OH is 1. The van der Waals surface area contributed by atoms with E-state index in [0.29, 0.717) is 30.6 Å². The smallest absolute Gasteiger partial charge is 0.173 e. The molecule has 0 aliphatic carbocycles. The van der Waals surface area contributed by atoms with Gasteiger partial charge in [0.25, 0.3) is 0 Å². The molecule has 0 fully saturated rings. The molecule has 0 saturated heterocycles. The summed E-state index contributed by atoms with van der Waals surface area (Å²) >= 11 is 1.45. The summed E-state index contributed by atoms with van der Waals surface area (Å²) in [6.07, 6.45) is 4.31. The molecule has 33 heavy (non-hydrogen) atoms. The lowest BCUT2D eigenvalue weighted by atomic mass is 9.84. The molecule has 0 amide bonds. The fourth-order valence-electron chi connectivity index (χ4n) is 3.70. The highest BCUT2D eigenvalue weighted by Crippen LogP contribution is 2.41. The van der Waals surface area contributed by atoms with Gasteiger partial charge in [0.05, 0.1) is 18.2 Å². The first kappa shape index (κ1) is 24.5. The van der Waals surface area contributed by atoms with Gasteiger partial charge in [-0.25, -0.2) is 0 Å². The van der Waals surface area contributed by atoms with Gasteiger partial charge in [-0.15, -0.1) is 0 Å². The van der Waals surface area contributed by atoms with Gasteiger partial charge in [-0.05, 0) is 47.6 Å². The van der Waals surface area contributed by atoms with E-state index in [9.17, 15) is 10.4 Å². The van der Waals surface area contributed by atoms with Gasteiger partial charge < -0.3 is 9.84 Å². The fourth-order valence-corrected chi connectivity index (χ4v) is 4.34. The lowest BCUT2D eigenvalue weighted by molar-refractivity contribution is 0.204. The first-order chi connectivity index (χ1) is 16.1. The first-order valence-electron chi connectivity index (χ1n) is 10.8. The van der Waals surface area contributed by atoms with Crippen molar-refractivity contribution in [3.05, 3.63) is 111 Å². The van der Waals surface area contributed by atoms with Crippen LogP contribution in [0.25, 0.3) is 5.57 Å². The molecule has 3 rings (SSSR count). The number of aliphatic hydroxyl groups is 1. The zero-order valence-electron chi connectivity index (χ0n) is 19.0. The lowest BCUT2D eigenvalue weighted by Crippen LogP contribution is -2.23. The summed E-state index contributed by atoms with van der Waals surface area (Å²) < 4.78 is 5.32. The number of hydrogen-bond donors (Lipinski definition) is 1. The third-order valence-electron chi connectivity index (χ3n) is 5.24. The minimum atomic E-state index is -1.04. The first-order valence-corrected chi connectivity index (χ1v) is 11.7. The molecule has 0 spiro atoms. The van der Waals surface area contributed by atoms with Crippen molar-refractivity contribution in [3.63, 3.8) is 0 Å². The number of ether oxygens (including phenoxy) is 1. The van der Waals surface area contributed by atoms with Crippen LogP contribution in [0.4, 0.5) is 0 Å². The zero-order chi connectivity index (χ0) is 23.6. The highest BCUT2D eigenvalue weighted by Gasteiger charge is 2.29. The van der Waals surface area contributed by atoms with Crippen LogP contribution in [0.15, 0.2) is 99.8 Å². The molecule has 1 atom stereocenters. The normalized spacial score (nSPS) is 17.3. The van der Waals surface area contributed by atoms with Crippen molar-refractivity contribution in [1.82, 2.24) is 0 Å². The molecule has 1 N–H and O–H groups in total. The summed E-state index contributed by atoms with van der Waals surface area (Å²) in [6, 6.07) is 19.9. The monoisotopic (exact) mass is 456 g/mol. The molecular formula is C28H28N2O2S. The largest absolute Gasteiger partial charge is 0.384 e. The minimum Gasteiger partial charge on any atom is -0.384 e. The highest BCUT2D eigenvalue weighted by molar-refractivity contribution is 8.06. The van der Waals surface area contributed by atoms with Crippen molar-refractivity contribution < 1.29 is 9.84 Å². The standard InChI is InChI=1S/C28H28N2O2S/c1-4-17-33-20(2)26-27(23-12-8-11-22(18-23)19-29)24(14-13-21-9-6-5-7-10-21)25(15-16-32-3)30-28(26)31/h4-12,14,17-18,28,31H,2,13,15-16H2,1,3H3/b17-4?,24-14+. The van der Waals surface area contributed by atoms with Crippen LogP contribution in [-0.4, -0.2) is 30.8 Å². The molecule has 0 bridgehead atoms. The Bertz CT molecular complexity index is 1150. The number of methoxy groups -OCH3 is 1. The van der Waals surface area contributed by atoms with E-state index in [-0.39, 0.29) is 0 Å². The van der Waals surface area contributed by atoms with E-state index in [1.807, 2.05) is 54.8 Å². The molecule has 1 heterocycles. The Balaban J connectivity index is 2.21. The van der Waals surface area contributed by atoms with Crippen LogP contribution >= 0.6 is 11.8 Å². The third-order valence-corrected chi connectivity index (χ3v) is 6.15. The van der Waals surface area contributed by atoms with Crippen LogP contribution in [0, 0.1) is 11.3 Å². The second kappa shape index (κ2) is 12.2. The summed E-state index contributed by atoms with van der Waals surface area (Å²) in [7, 11) is 1.65. The number of nitriles is 1. The van der Waals surface area contributed by atoms with Crippen LogP contribution in [0.2, 0.25) is 0 Å². The number of hydrogen-bond acceptors (Lipinski definition) is 5. The van der Waals surface area contributed by atoms with Crippen LogP contribution in [-0.2, 0) is 11.2 Å².